The van der Waals surface area contributed by atoms with Crippen molar-refractivity contribution in [2.45, 2.75) is 0 Å². The molecule has 0 saturated carbocycles. The van der Waals surface area contributed by atoms with Crippen LogP contribution in [0.4, 0.5) is 5.69 Å². The summed E-state index contributed by atoms with van der Waals surface area (Å²) in [5, 5.41) is 8.53. The molecule has 0 aromatic heterocycles. The maximum atomic E-state index is 8.53. The Bertz CT molecular complexity index is 288. The average molecular weight is 244 g/mol. The minimum Gasteiger partial charge on any atom is -0.399 e. The summed E-state index contributed by atoms with van der Waals surface area (Å²) >= 11 is 2.10. The van der Waals surface area contributed by atoms with Gasteiger partial charge in [-0.3, -0.25) is 0 Å². The summed E-state index contributed by atoms with van der Waals surface area (Å²) < 4.78 is 0.939. The first-order valence-electron chi connectivity index (χ1n) is 2.69. The highest BCUT2D eigenvalue weighted by Gasteiger charge is 1.96. The molecular weight excluding hydrogens is 239 g/mol. The first-order valence-corrected chi connectivity index (χ1v) is 3.77. The van der Waals surface area contributed by atoms with Gasteiger partial charge in [0.15, 0.2) is 0 Å². The zero-order valence-corrected chi connectivity index (χ0v) is 7.29. The summed E-state index contributed by atoms with van der Waals surface area (Å²) in [4.78, 5) is 0. The molecule has 10 heavy (non-hydrogen) atoms. The number of benzene rings is 1. The molecular formula is C7H5IN2. The van der Waals surface area contributed by atoms with Crippen molar-refractivity contribution in [3.05, 3.63) is 27.3 Å². The van der Waals surface area contributed by atoms with Crippen molar-refractivity contribution in [3.63, 3.8) is 0 Å². The lowest BCUT2D eigenvalue weighted by Gasteiger charge is -1.94. The minimum absolute atomic E-state index is 0.636. The van der Waals surface area contributed by atoms with Gasteiger partial charge < -0.3 is 5.73 Å². The van der Waals surface area contributed by atoms with Gasteiger partial charge in [0.25, 0.3) is 0 Å². The van der Waals surface area contributed by atoms with Gasteiger partial charge in [-0.15, -0.1) is 0 Å². The third kappa shape index (κ3) is 1.39. The number of rotatable bonds is 0. The highest BCUT2D eigenvalue weighted by Crippen LogP contribution is 2.13. The van der Waals surface area contributed by atoms with E-state index in [9.17, 15) is 0 Å². The zero-order chi connectivity index (χ0) is 7.56. The molecule has 0 heterocycles. The minimum atomic E-state index is 0.636. The van der Waals surface area contributed by atoms with E-state index < -0.39 is 0 Å². The maximum Gasteiger partial charge on any atom is 0.100 e. The third-order valence-corrected chi connectivity index (χ3v) is 2.05. The van der Waals surface area contributed by atoms with Crippen LogP contribution in [0.25, 0.3) is 0 Å². The SMILES string of the molecule is N#Cc1cc(N)ccc1I. The number of nitrogens with zero attached hydrogens (tertiary/aromatic N) is 1. The Balaban J connectivity index is 3.25. The van der Waals surface area contributed by atoms with Gasteiger partial charge in [-0.1, -0.05) is 0 Å². The molecule has 1 aromatic rings. The van der Waals surface area contributed by atoms with Crippen LogP contribution in [0, 0.1) is 14.9 Å². The highest BCUT2D eigenvalue weighted by molar-refractivity contribution is 14.1. The van der Waals surface area contributed by atoms with E-state index in [0.717, 1.165) is 3.57 Å². The average Bonchev–Trinajstić information content (AvgIpc) is 1.94. The summed E-state index contributed by atoms with van der Waals surface area (Å²) in [6, 6.07) is 7.33. The number of halogens is 1. The van der Waals surface area contributed by atoms with Gasteiger partial charge in [-0.2, -0.15) is 5.26 Å². The predicted octanol–water partition coefficient (Wildman–Crippen LogP) is 1.75. The van der Waals surface area contributed by atoms with Crippen molar-refractivity contribution in [2.75, 3.05) is 5.73 Å². The van der Waals surface area contributed by atoms with E-state index in [1.54, 1.807) is 12.1 Å². The fourth-order valence-corrected chi connectivity index (χ4v) is 1.08. The van der Waals surface area contributed by atoms with Crippen molar-refractivity contribution < 1.29 is 0 Å². The van der Waals surface area contributed by atoms with Crippen molar-refractivity contribution in [3.8, 4) is 6.07 Å². The topological polar surface area (TPSA) is 49.8 Å². The quantitative estimate of drug-likeness (QED) is 0.558. The van der Waals surface area contributed by atoms with Crippen LogP contribution in [-0.4, -0.2) is 0 Å². The second-order valence-electron chi connectivity index (χ2n) is 1.85. The van der Waals surface area contributed by atoms with Crippen LogP contribution in [0.2, 0.25) is 0 Å². The van der Waals surface area contributed by atoms with E-state index in [1.165, 1.54) is 0 Å². The number of nitrogen functional groups attached to an aromatic ring is 1. The number of nitrogens with two attached hydrogens (primary N) is 1. The fourth-order valence-electron chi connectivity index (χ4n) is 0.629. The smallest absolute Gasteiger partial charge is 0.100 e. The van der Waals surface area contributed by atoms with Crippen molar-refractivity contribution in [1.82, 2.24) is 0 Å². The van der Waals surface area contributed by atoms with E-state index in [1.807, 2.05) is 12.1 Å². The van der Waals surface area contributed by atoms with Crippen LogP contribution in [0.15, 0.2) is 18.2 Å². The lowest BCUT2D eigenvalue weighted by molar-refractivity contribution is 1.46. The molecule has 0 aliphatic heterocycles. The van der Waals surface area contributed by atoms with E-state index in [0.29, 0.717) is 11.3 Å². The Labute approximate surface area is 72.8 Å². The molecule has 0 aliphatic rings. The standard InChI is InChI=1S/C7H5IN2/c8-7-2-1-6(10)3-5(7)4-9/h1-3H,10H2. The normalized spacial score (nSPS) is 8.80. The monoisotopic (exact) mass is 244 g/mol. The van der Waals surface area contributed by atoms with E-state index in [4.69, 9.17) is 11.0 Å². The van der Waals surface area contributed by atoms with Crippen molar-refractivity contribution in [2.24, 2.45) is 0 Å². The van der Waals surface area contributed by atoms with Gasteiger partial charge in [0.2, 0.25) is 0 Å². The fraction of sp³-hybridized carbons (Fsp3) is 0. The predicted molar refractivity (Wildman–Crippen MR) is 48.3 cm³/mol. The summed E-state index contributed by atoms with van der Waals surface area (Å²) in [6.07, 6.45) is 0. The first kappa shape index (κ1) is 7.35. The van der Waals surface area contributed by atoms with Gasteiger partial charge in [0, 0.05) is 9.26 Å². The van der Waals surface area contributed by atoms with Crippen molar-refractivity contribution in [1.29, 1.82) is 5.26 Å². The molecule has 0 fully saturated rings. The molecule has 0 amide bonds. The zero-order valence-electron chi connectivity index (χ0n) is 5.13. The number of hydrogen-bond acceptors (Lipinski definition) is 2. The van der Waals surface area contributed by atoms with Gasteiger partial charge in [-0.25, -0.2) is 0 Å². The summed E-state index contributed by atoms with van der Waals surface area (Å²) in [7, 11) is 0. The van der Waals surface area contributed by atoms with Gasteiger partial charge in [0.1, 0.15) is 6.07 Å². The molecule has 2 nitrogen and oxygen atoms in total. The van der Waals surface area contributed by atoms with Crippen LogP contribution < -0.4 is 5.73 Å². The maximum absolute atomic E-state index is 8.53. The van der Waals surface area contributed by atoms with Crippen LogP contribution in [-0.2, 0) is 0 Å². The molecule has 3 heteroatoms. The first-order chi connectivity index (χ1) is 4.74. The summed E-state index contributed by atoms with van der Waals surface area (Å²) in [5.41, 5.74) is 6.72. The Morgan fingerprint density at radius 3 is 2.70 bits per heavy atom. The summed E-state index contributed by atoms with van der Waals surface area (Å²) in [5.74, 6) is 0. The van der Waals surface area contributed by atoms with E-state index >= 15 is 0 Å². The lowest BCUT2D eigenvalue weighted by atomic mass is 10.2. The molecule has 1 aromatic carbocycles. The van der Waals surface area contributed by atoms with Gasteiger partial charge >= 0.3 is 0 Å². The molecule has 0 atom stereocenters. The van der Waals surface area contributed by atoms with Crippen LogP contribution in [0.5, 0.6) is 0 Å². The second-order valence-corrected chi connectivity index (χ2v) is 3.01. The molecule has 0 aliphatic carbocycles. The Kier molecular flexibility index (Phi) is 2.12. The van der Waals surface area contributed by atoms with E-state index in [2.05, 4.69) is 22.6 Å². The highest BCUT2D eigenvalue weighted by atomic mass is 127. The van der Waals surface area contributed by atoms with Crippen molar-refractivity contribution >= 4 is 28.3 Å². The van der Waals surface area contributed by atoms with Crippen LogP contribution in [0.1, 0.15) is 5.56 Å². The molecule has 0 radical (unpaired) electrons. The molecule has 0 saturated heterocycles. The largest absolute Gasteiger partial charge is 0.399 e. The third-order valence-electron chi connectivity index (χ3n) is 1.11. The van der Waals surface area contributed by atoms with Gasteiger partial charge in [-0.05, 0) is 40.8 Å². The van der Waals surface area contributed by atoms with Crippen LogP contribution in [0.3, 0.4) is 0 Å². The molecule has 2 N–H and O–H groups in total. The number of nitriles is 1. The number of hydrogen-bond donors (Lipinski definition) is 1. The Morgan fingerprint density at radius 1 is 1.50 bits per heavy atom. The number of anilines is 1. The lowest BCUT2D eigenvalue weighted by Crippen LogP contribution is -1.87. The summed E-state index contributed by atoms with van der Waals surface area (Å²) in [6.45, 7) is 0. The second kappa shape index (κ2) is 2.88. The van der Waals surface area contributed by atoms with Gasteiger partial charge in [0.05, 0.1) is 5.56 Å². The van der Waals surface area contributed by atoms with Crippen LogP contribution >= 0.6 is 22.6 Å². The molecule has 0 unspecified atom stereocenters. The Morgan fingerprint density at radius 2 is 2.20 bits per heavy atom. The molecule has 0 spiro atoms. The van der Waals surface area contributed by atoms with E-state index in [-0.39, 0.29) is 0 Å². The molecule has 1 rings (SSSR count). The molecule has 0 bridgehead atoms. The molecule has 50 valence electrons. The Hall–Kier alpha value is -0.760.